The van der Waals surface area contributed by atoms with Crippen molar-refractivity contribution in [1.82, 2.24) is 4.98 Å². The fourth-order valence-corrected chi connectivity index (χ4v) is 2.75. The molecule has 0 saturated carbocycles. The highest BCUT2D eigenvalue weighted by Crippen LogP contribution is 2.34. The molecule has 0 fully saturated rings. The minimum atomic E-state index is -0.755. The van der Waals surface area contributed by atoms with Crippen molar-refractivity contribution >= 4 is 17.4 Å². The topological polar surface area (TPSA) is 94.4 Å². The van der Waals surface area contributed by atoms with Crippen LogP contribution in [0.4, 0.5) is 8.78 Å². The summed E-state index contributed by atoms with van der Waals surface area (Å²) in [6.45, 7) is 0. The first kappa shape index (κ1) is 15.8. The van der Waals surface area contributed by atoms with Crippen molar-refractivity contribution in [2.24, 2.45) is 16.5 Å². The Labute approximate surface area is 136 Å². The third-order valence-electron chi connectivity index (χ3n) is 3.76. The molecule has 24 heavy (non-hydrogen) atoms. The van der Waals surface area contributed by atoms with Crippen LogP contribution in [-0.4, -0.2) is 16.9 Å². The number of halogens is 2. The van der Waals surface area contributed by atoms with E-state index in [-0.39, 0.29) is 17.1 Å². The van der Waals surface area contributed by atoms with Crippen LogP contribution >= 0.6 is 0 Å². The van der Waals surface area contributed by atoms with Crippen LogP contribution in [0.15, 0.2) is 41.7 Å². The van der Waals surface area contributed by atoms with Crippen molar-refractivity contribution in [3.8, 4) is 0 Å². The monoisotopic (exact) mass is 328 g/mol. The third-order valence-corrected chi connectivity index (χ3v) is 3.76. The van der Waals surface area contributed by atoms with Gasteiger partial charge in [0.2, 0.25) is 0 Å². The molecule has 1 amide bonds. The number of nitrogens with zero attached hydrogens (tertiary/aromatic N) is 2. The molecular weight excluding hydrogens is 314 g/mol. The van der Waals surface area contributed by atoms with Gasteiger partial charge in [-0.25, -0.2) is 8.78 Å². The normalized spacial score (nSPS) is 13.0. The second-order valence-corrected chi connectivity index (χ2v) is 5.35. The molecule has 1 aromatic heterocycles. The molecule has 1 heterocycles. The number of nitrogens with two attached hydrogens (primary N) is 2. The number of aromatic nitrogens is 1. The average molecular weight is 328 g/mol. The second kappa shape index (κ2) is 6.19. The number of carbonyl (C=O) groups excluding carboxylic acids is 1. The van der Waals surface area contributed by atoms with Gasteiger partial charge in [-0.1, -0.05) is 12.1 Å². The fraction of sp³-hybridized carbons (Fsp3) is 0.118. The molecule has 7 heteroatoms. The Bertz CT molecular complexity index is 866. The molecule has 0 aliphatic heterocycles. The molecule has 3 rings (SSSR count). The molecule has 1 aliphatic rings. The number of hydrogen-bond donors (Lipinski definition) is 2. The van der Waals surface area contributed by atoms with Crippen LogP contribution in [-0.2, 0) is 6.42 Å². The van der Waals surface area contributed by atoms with E-state index in [1.54, 1.807) is 24.3 Å². The number of fused-ring (bicyclic) bond motifs is 1. The van der Waals surface area contributed by atoms with Gasteiger partial charge in [0.25, 0.3) is 5.91 Å². The second-order valence-electron chi connectivity index (χ2n) is 5.35. The number of benzene rings is 1. The van der Waals surface area contributed by atoms with Crippen molar-refractivity contribution in [2.75, 3.05) is 0 Å². The summed E-state index contributed by atoms with van der Waals surface area (Å²) in [4.78, 5) is 19.0. The lowest BCUT2D eigenvalue weighted by Crippen LogP contribution is -2.24. The Balaban J connectivity index is 2.13. The number of aryl methyl sites for hydroxylation is 1. The first-order chi connectivity index (χ1) is 11.5. The van der Waals surface area contributed by atoms with Crippen molar-refractivity contribution in [3.63, 3.8) is 0 Å². The molecule has 122 valence electrons. The van der Waals surface area contributed by atoms with Crippen molar-refractivity contribution in [2.45, 2.75) is 12.8 Å². The van der Waals surface area contributed by atoms with E-state index in [0.717, 1.165) is 18.0 Å². The molecule has 0 bridgehead atoms. The molecule has 0 unspecified atom stereocenters. The Morgan fingerprint density at radius 2 is 1.88 bits per heavy atom. The number of aliphatic imine (C=N–C) groups is 1. The highest BCUT2D eigenvalue weighted by molar-refractivity contribution is 6.02. The van der Waals surface area contributed by atoms with Gasteiger partial charge in [-0.05, 0) is 41.7 Å². The zero-order valence-corrected chi connectivity index (χ0v) is 12.6. The lowest BCUT2D eigenvalue weighted by atomic mass is 9.86. The summed E-state index contributed by atoms with van der Waals surface area (Å²) in [6.07, 6.45) is 5.02. The summed E-state index contributed by atoms with van der Waals surface area (Å²) in [5.41, 5.74) is 12.4. The lowest BCUT2D eigenvalue weighted by Gasteiger charge is -2.19. The van der Waals surface area contributed by atoms with E-state index in [0.29, 0.717) is 24.0 Å². The average Bonchev–Trinajstić information content (AvgIpc) is 2.53. The van der Waals surface area contributed by atoms with Crippen molar-refractivity contribution < 1.29 is 13.6 Å². The van der Waals surface area contributed by atoms with Crippen molar-refractivity contribution in [3.05, 3.63) is 70.6 Å². The molecule has 0 spiro atoms. The lowest BCUT2D eigenvalue weighted by molar-refractivity contribution is 0.100. The van der Waals surface area contributed by atoms with Crippen LogP contribution in [0.5, 0.6) is 0 Å². The smallest absolute Gasteiger partial charge is 0.280 e. The van der Waals surface area contributed by atoms with E-state index in [4.69, 9.17) is 11.5 Å². The van der Waals surface area contributed by atoms with Crippen LogP contribution in [0.2, 0.25) is 0 Å². The number of carbonyl (C=O) groups is 1. The van der Waals surface area contributed by atoms with Gasteiger partial charge in [0, 0.05) is 5.56 Å². The number of allylic oxidation sites excluding steroid dienone is 1. The van der Waals surface area contributed by atoms with Gasteiger partial charge in [0.15, 0.2) is 17.6 Å². The number of pyridine rings is 1. The Hall–Kier alpha value is -3.09. The van der Waals surface area contributed by atoms with Gasteiger partial charge in [-0.15, -0.1) is 0 Å². The minimum Gasteiger partial charge on any atom is -0.370 e. The van der Waals surface area contributed by atoms with Crippen LogP contribution < -0.4 is 11.5 Å². The maximum Gasteiger partial charge on any atom is 0.280 e. The molecule has 2 aromatic rings. The van der Waals surface area contributed by atoms with Gasteiger partial charge < -0.3 is 11.5 Å². The summed E-state index contributed by atoms with van der Waals surface area (Å²) >= 11 is 0. The summed E-state index contributed by atoms with van der Waals surface area (Å²) in [5.74, 6) is -2.47. The third kappa shape index (κ3) is 2.88. The summed E-state index contributed by atoms with van der Waals surface area (Å²) < 4.78 is 28.2. The Kier molecular flexibility index (Phi) is 4.07. The predicted molar refractivity (Wildman–Crippen MR) is 86.1 cm³/mol. The summed E-state index contributed by atoms with van der Waals surface area (Å²) in [6, 6.07) is 4.89. The van der Waals surface area contributed by atoms with E-state index in [2.05, 4.69) is 9.98 Å². The van der Waals surface area contributed by atoms with Crippen molar-refractivity contribution in [1.29, 1.82) is 0 Å². The largest absolute Gasteiger partial charge is 0.370 e. The van der Waals surface area contributed by atoms with Gasteiger partial charge in [0.05, 0.1) is 18.0 Å². The molecular formula is C17H14F2N4O. The highest BCUT2D eigenvalue weighted by atomic mass is 19.1. The van der Waals surface area contributed by atoms with Gasteiger partial charge in [-0.3, -0.25) is 9.78 Å². The molecule has 4 N–H and O–H groups in total. The molecule has 0 saturated heterocycles. The van der Waals surface area contributed by atoms with E-state index in [1.807, 2.05) is 0 Å². The van der Waals surface area contributed by atoms with Gasteiger partial charge >= 0.3 is 0 Å². The van der Waals surface area contributed by atoms with E-state index in [1.165, 1.54) is 0 Å². The number of amides is 1. The van der Waals surface area contributed by atoms with Crippen LogP contribution in [0.1, 0.15) is 33.5 Å². The van der Waals surface area contributed by atoms with Crippen LogP contribution in [0.25, 0.3) is 5.57 Å². The molecule has 0 radical (unpaired) electrons. The molecule has 5 nitrogen and oxygen atoms in total. The van der Waals surface area contributed by atoms with Crippen LogP contribution in [0.3, 0.4) is 0 Å². The van der Waals surface area contributed by atoms with E-state index in [9.17, 15) is 13.6 Å². The number of hydrogen-bond acceptors (Lipinski definition) is 2. The predicted octanol–water partition coefficient (Wildman–Crippen LogP) is 2.15. The fourth-order valence-electron chi connectivity index (χ4n) is 2.75. The van der Waals surface area contributed by atoms with Crippen LogP contribution in [0, 0.1) is 11.6 Å². The van der Waals surface area contributed by atoms with E-state index < -0.39 is 17.5 Å². The zero-order valence-electron chi connectivity index (χ0n) is 12.6. The minimum absolute atomic E-state index is 0.155. The quantitative estimate of drug-likeness (QED) is 0.652. The zero-order chi connectivity index (χ0) is 17.3. The van der Waals surface area contributed by atoms with E-state index >= 15 is 0 Å². The molecule has 0 atom stereocenters. The standard InChI is InChI=1S/C17H14F2N4O/c18-13-7-22-8-14(19)15(13)11-3-1-2-9-4-5-10(6-12(9)11)16(24)23-17(20)21/h3-8H,1-2H2,(H4,20,21,23,24). The molecule has 1 aromatic carbocycles. The molecule has 1 aliphatic carbocycles. The first-order valence-corrected chi connectivity index (χ1v) is 7.24. The summed E-state index contributed by atoms with van der Waals surface area (Å²) in [7, 11) is 0. The highest BCUT2D eigenvalue weighted by Gasteiger charge is 2.22. The maximum absolute atomic E-state index is 14.1. The van der Waals surface area contributed by atoms with Gasteiger partial charge in [0.1, 0.15) is 0 Å². The Morgan fingerprint density at radius 3 is 2.54 bits per heavy atom. The number of rotatable bonds is 2. The Morgan fingerprint density at radius 1 is 1.17 bits per heavy atom. The summed E-state index contributed by atoms with van der Waals surface area (Å²) in [5, 5.41) is 0. The van der Waals surface area contributed by atoms with Gasteiger partial charge in [-0.2, -0.15) is 4.99 Å². The maximum atomic E-state index is 14.1. The SMILES string of the molecule is NC(N)=NC(=O)c1ccc2c(c1)C(c1c(F)cncc1F)=CCC2. The first-order valence-electron chi connectivity index (χ1n) is 7.24. The number of guanidine groups is 1.